The minimum Gasteiger partial charge on any atom is -0.494 e. The van der Waals surface area contributed by atoms with E-state index in [1.807, 2.05) is 12.1 Å². The number of amides is 1. The van der Waals surface area contributed by atoms with E-state index >= 15 is 0 Å². The van der Waals surface area contributed by atoms with Gasteiger partial charge in [-0.05, 0) is 31.4 Å². The molecular weight excluding hydrogens is 298 g/mol. The van der Waals surface area contributed by atoms with Gasteiger partial charge in [0.05, 0.1) is 17.7 Å². The molecule has 1 saturated heterocycles. The molecule has 1 amide bonds. The smallest absolute Gasteiger partial charge is 0.225 e. The number of benzene rings is 1. The Morgan fingerprint density at radius 3 is 3.05 bits per heavy atom. The van der Waals surface area contributed by atoms with Gasteiger partial charge >= 0.3 is 0 Å². The van der Waals surface area contributed by atoms with E-state index in [-0.39, 0.29) is 11.8 Å². The first-order valence-electron chi connectivity index (χ1n) is 7.73. The molecule has 0 radical (unpaired) electrons. The van der Waals surface area contributed by atoms with E-state index in [0.717, 1.165) is 53.4 Å². The Morgan fingerprint density at radius 1 is 1.41 bits per heavy atom. The van der Waals surface area contributed by atoms with E-state index in [4.69, 9.17) is 9.72 Å². The van der Waals surface area contributed by atoms with Crippen molar-refractivity contribution < 1.29 is 9.53 Å². The number of nitrogens with zero attached hydrogens (tertiary/aromatic N) is 2. The zero-order valence-corrected chi connectivity index (χ0v) is 13.4. The van der Waals surface area contributed by atoms with Crippen LogP contribution in [0.25, 0.3) is 10.2 Å². The second-order valence-corrected chi connectivity index (χ2v) is 7.03. The number of fused-ring (bicyclic) bond motifs is 1. The maximum Gasteiger partial charge on any atom is 0.225 e. The van der Waals surface area contributed by atoms with Crippen LogP contribution < -0.4 is 15.0 Å². The molecule has 1 saturated carbocycles. The summed E-state index contributed by atoms with van der Waals surface area (Å²) in [5.74, 6) is 1.11. The Kier molecular flexibility index (Phi) is 3.41. The topological polar surface area (TPSA) is 54.5 Å². The Labute approximate surface area is 133 Å². The van der Waals surface area contributed by atoms with E-state index < -0.39 is 0 Å². The van der Waals surface area contributed by atoms with E-state index in [1.54, 1.807) is 18.4 Å². The summed E-state index contributed by atoms with van der Waals surface area (Å²) in [6, 6.07) is 6.42. The molecule has 5 nitrogen and oxygen atoms in total. The van der Waals surface area contributed by atoms with Crippen LogP contribution in [0.1, 0.15) is 19.3 Å². The Morgan fingerprint density at radius 2 is 2.27 bits per heavy atom. The van der Waals surface area contributed by atoms with Crippen LogP contribution in [0.3, 0.4) is 0 Å². The van der Waals surface area contributed by atoms with Crippen molar-refractivity contribution in [3.8, 4) is 5.75 Å². The summed E-state index contributed by atoms with van der Waals surface area (Å²) >= 11 is 1.67. The van der Waals surface area contributed by atoms with E-state index in [2.05, 4.69) is 16.3 Å². The van der Waals surface area contributed by atoms with Crippen LogP contribution in [0.4, 0.5) is 5.13 Å². The van der Waals surface area contributed by atoms with Gasteiger partial charge in [0.2, 0.25) is 5.91 Å². The lowest BCUT2D eigenvalue weighted by molar-refractivity contribution is -0.124. The van der Waals surface area contributed by atoms with Crippen LogP contribution >= 0.6 is 11.3 Å². The first kappa shape index (κ1) is 13.8. The van der Waals surface area contributed by atoms with Crippen molar-refractivity contribution in [2.24, 2.45) is 5.92 Å². The van der Waals surface area contributed by atoms with Crippen molar-refractivity contribution in [1.82, 2.24) is 10.3 Å². The van der Waals surface area contributed by atoms with Crippen LogP contribution in [0, 0.1) is 5.92 Å². The third-order valence-corrected chi connectivity index (χ3v) is 5.43. The summed E-state index contributed by atoms with van der Waals surface area (Å²) in [7, 11) is 1.67. The second-order valence-electron chi connectivity index (χ2n) is 6.02. The highest BCUT2D eigenvalue weighted by atomic mass is 32.1. The molecule has 2 aromatic rings. The quantitative estimate of drug-likeness (QED) is 0.941. The largest absolute Gasteiger partial charge is 0.494 e. The van der Waals surface area contributed by atoms with Gasteiger partial charge in [-0.2, -0.15) is 0 Å². The molecule has 1 aromatic carbocycles. The number of para-hydroxylation sites is 1. The van der Waals surface area contributed by atoms with E-state index in [9.17, 15) is 4.79 Å². The molecule has 116 valence electrons. The van der Waals surface area contributed by atoms with Gasteiger partial charge in [0.25, 0.3) is 0 Å². The molecule has 0 bridgehead atoms. The van der Waals surface area contributed by atoms with Crippen LogP contribution in [0.5, 0.6) is 5.75 Å². The molecule has 2 heterocycles. The number of carbonyl (C=O) groups is 1. The maximum absolute atomic E-state index is 12.2. The Balaban J connectivity index is 1.51. The molecule has 4 rings (SSSR count). The Bertz CT molecular complexity index is 710. The normalized spacial score (nSPS) is 21.3. The third-order valence-electron chi connectivity index (χ3n) is 4.34. The molecule has 1 atom stereocenters. The van der Waals surface area contributed by atoms with E-state index in [1.165, 1.54) is 0 Å². The van der Waals surface area contributed by atoms with Crippen molar-refractivity contribution in [1.29, 1.82) is 0 Å². The van der Waals surface area contributed by atoms with Gasteiger partial charge in [0, 0.05) is 19.1 Å². The summed E-state index contributed by atoms with van der Waals surface area (Å²) in [4.78, 5) is 19.1. The van der Waals surface area contributed by atoms with Gasteiger partial charge in [-0.1, -0.05) is 17.4 Å². The predicted molar refractivity (Wildman–Crippen MR) is 87.7 cm³/mol. The fourth-order valence-corrected chi connectivity index (χ4v) is 3.92. The highest BCUT2D eigenvalue weighted by Gasteiger charge is 2.33. The monoisotopic (exact) mass is 317 g/mol. The fourth-order valence-electron chi connectivity index (χ4n) is 2.91. The number of nitrogens with one attached hydrogen (secondary N) is 1. The lowest BCUT2D eigenvalue weighted by Gasteiger charge is -2.14. The molecular formula is C16H19N3O2S. The van der Waals surface area contributed by atoms with Crippen LogP contribution in [0.15, 0.2) is 18.2 Å². The van der Waals surface area contributed by atoms with Gasteiger partial charge in [-0.3, -0.25) is 4.79 Å². The molecule has 1 N–H and O–H groups in total. The van der Waals surface area contributed by atoms with E-state index in [0.29, 0.717) is 6.04 Å². The summed E-state index contributed by atoms with van der Waals surface area (Å²) < 4.78 is 6.50. The van der Waals surface area contributed by atoms with Crippen molar-refractivity contribution in [2.75, 3.05) is 25.1 Å². The highest BCUT2D eigenvalue weighted by Crippen LogP contribution is 2.36. The minimum atomic E-state index is 0.0921. The fraction of sp³-hybridized carbons (Fsp3) is 0.500. The van der Waals surface area contributed by atoms with Crippen molar-refractivity contribution in [2.45, 2.75) is 25.3 Å². The number of aromatic nitrogens is 1. The first-order valence-corrected chi connectivity index (χ1v) is 8.55. The van der Waals surface area contributed by atoms with Crippen molar-refractivity contribution in [3.63, 3.8) is 0 Å². The molecule has 0 spiro atoms. The zero-order chi connectivity index (χ0) is 15.1. The molecule has 1 aliphatic carbocycles. The Hall–Kier alpha value is -1.82. The predicted octanol–water partition coefficient (Wildman–Crippen LogP) is 2.41. The summed E-state index contributed by atoms with van der Waals surface area (Å²) in [5.41, 5.74) is 0.913. The van der Waals surface area contributed by atoms with Gasteiger partial charge in [-0.25, -0.2) is 4.98 Å². The zero-order valence-electron chi connectivity index (χ0n) is 12.5. The van der Waals surface area contributed by atoms with Crippen LogP contribution in [-0.2, 0) is 4.79 Å². The maximum atomic E-state index is 12.2. The SMILES string of the molecule is COc1cccc2sc(N3CCC(C(=O)NC4CC4)C3)nc12. The number of ether oxygens (including phenoxy) is 1. The molecule has 22 heavy (non-hydrogen) atoms. The number of carbonyl (C=O) groups excluding carboxylic acids is 1. The summed E-state index contributed by atoms with van der Waals surface area (Å²) in [6.45, 7) is 1.66. The molecule has 6 heteroatoms. The van der Waals surface area contributed by atoms with Gasteiger partial charge in [0.1, 0.15) is 11.3 Å². The third kappa shape index (κ3) is 2.52. The first-order chi connectivity index (χ1) is 10.7. The van der Waals surface area contributed by atoms with Gasteiger partial charge in [-0.15, -0.1) is 0 Å². The number of thiazole rings is 1. The average molecular weight is 317 g/mol. The number of anilines is 1. The van der Waals surface area contributed by atoms with Crippen LogP contribution in [-0.4, -0.2) is 37.1 Å². The minimum absolute atomic E-state index is 0.0921. The standard InChI is InChI=1S/C16H19N3O2S/c1-21-12-3-2-4-13-14(12)18-16(22-13)19-8-7-10(9-19)15(20)17-11-5-6-11/h2-4,10-11H,5-9H2,1H3,(H,17,20). The average Bonchev–Trinajstić information content (AvgIpc) is 3.06. The van der Waals surface area contributed by atoms with Crippen molar-refractivity contribution in [3.05, 3.63) is 18.2 Å². The van der Waals surface area contributed by atoms with Gasteiger partial charge in [0.15, 0.2) is 5.13 Å². The lowest BCUT2D eigenvalue weighted by atomic mass is 10.1. The molecule has 1 unspecified atom stereocenters. The molecule has 1 aromatic heterocycles. The molecule has 2 fully saturated rings. The summed E-state index contributed by atoms with van der Waals surface area (Å²) in [5, 5.41) is 4.10. The second kappa shape index (κ2) is 5.43. The lowest BCUT2D eigenvalue weighted by Crippen LogP contribution is -2.34. The molecule has 1 aliphatic heterocycles. The van der Waals surface area contributed by atoms with Gasteiger partial charge < -0.3 is 15.0 Å². The van der Waals surface area contributed by atoms with Crippen molar-refractivity contribution >= 4 is 32.6 Å². The van der Waals surface area contributed by atoms with Crippen LogP contribution in [0.2, 0.25) is 0 Å². The number of hydrogen-bond acceptors (Lipinski definition) is 5. The summed E-state index contributed by atoms with van der Waals surface area (Å²) in [6.07, 6.45) is 3.19. The number of hydrogen-bond donors (Lipinski definition) is 1. The molecule has 2 aliphatic rings. The number of methoxy groups -OCH3 is 1. The highest BCUT2D eigenvalue weighted by molar-refractivity contribution is 7.22. The number of rotatable bonds is 4.